The largest absolute Gasteiger partial charge is 0.469 e. The first-order valence-corrected chi connectivity index (χ1v) is 3.99. The Morgan fingerprint density at radius 2 is 2.25 bits per heavy atom. The van der Waals surface area contributed by atoms with Crippen LogP contribution in [0.25, 0.3) is 0 Å². The lowest BCUT2D eigenvalue weighted by Crippen LogP contribution is -2.18. The van der Waals surface area contributed by atoms with Gasteiger partial charge in [-0.1, -0.05) is 12.2 Å². The Morgan fingerprint density at radius 3 is 2.75 bits per heavy atom. The van der Waals surface area contributed by atoms with Gasteiger partial charge in [-0.3, -0.25) is 4.79 Å². The van der Waals surface area contributed by atoms with Crippen molar-refractivity contribution in [2.24, 2.45) is 5.92 Å². The van der Waals surface area contributed by atoms with E-state index in [0.717, 1.165) is 0 Å². The summed E-state index contributed by atoms with van der Waals surface area (Å²) in [5.41, 5.74) is 0. The number of hydrogen-bond acceptors (Lipinski definition) is 3. The van der Waals surface area contributed by atoms with E-state index in [1.54, 1.807) is 6.92 Å². The number of ether oxygens (including phenoxy) is 2. The molecule has 3 nitrogen and oxygen atoms in total. The third-order valence-corrected chi connectivity index (χ3v) is 1.42. The van der Waals surface area contributed by atoms with Crippen LogP contribution >= 0.6 is 0 Å². The number of hydrogen-bond donors (Lipinski definition) is 0. The molecule has 3 heteroatoms. The zero-order valence-electron chi connectivity index (χ0n) is 7.87. The molecule has 0 radical (unpaired) electrons. The van der Waals surface area contributed by atoms with Crippen LogP contribution in [-0.2, 0) is 14.3 Å². The summed E-state index contributed by atoms with van der Waals surface area (Å²) in [5.74, 6) is -0.407. The Hall–Kier alpha value is -0.830. The molecule has 0 amide bonds. The molecule has 0 spiro atoms. The third kappa shape index (κ3) is 4.91. The summed E-state index contributed by atoms with van der Waals surface area (Å²) in [7, 11) is 1.38. The van der Waals surface area contributed by atoms with Crippen LogP contribution in [0.3, 0.4) is 0 Å². The summed E-state index contributed by atoms with van der Waals surface area (Å²) in [6, 6.07) is 0. The average molecular weight is 172 g/mol. The van der Waals surface area contributed by atoms with Gasteiger partial charge in [0.05, 0.1) is 26.2 Å². The number of carbonyl (C=O) groups is 1. The molecular weight excluding hydrogens is 156 g/mol. The smallest absolute Gasteiger partial charge is 0.310 e. The van der Waals surface area contributed by atoms with Crippen LogP contribution in [0, 0.1) is 5.92 Å². The lowest BCUT2D eigenvalue weighted by molar-refractivity contribution is -0.146. The molecule has 0 fully saturated rings. The van der Waals surface area contributed by atoms with Crippen molar-refractivity contribution in [1.82, 2.24) is 0 Å². The SMILES string of the molecule is CC=CCOCC(C)C(=O)OC. The first-order valence-electron chi connectivity index (χ1n) is 3.99. The zero-order valence-corrected chi connectivity index (χ0v) is 7.87. The number of allylic oxidation sites excluding steroid dienone is 1. The Balaban J connectivity index is 3.43. The van der Waals surface area contributed by atoms with E-state index >= 15 is 0 Å². The van der Waals surface area contributed by atoms with Crippen LogP contribution < -0.4 is 0 Å². The molecule has 0 heterocycles. The van der Waals surface area contributed by atoms with Crippen LogP contribution in [0.2, 0.25) is 0 Å². The van der Waals surface area contributed by atoms with Crippen molar-refractivity contribution in [3.8, 4) is 0 Å². The summed E-state index contributed by atoms with van der Waals surface area (Å²) >= 11 is 0. The van der Waals surface area contributed by atoms with Gasteiger partial charge in [-0.2, -0.15) is 0 Å². The van der Waals surface area contributed by atoms with Crippen molar-refractivity contribution in [2.45, 2.75) is 13.8 Å². The number of methoxy groups -OCH3 is 1. The summed E-state index contributed by atoms with van der Waals surface area (Å²) in [6.45, 7) is 4.67. The molecule has 70 valence electrons. The van der Waals surface area contributed by atoms with Gasteiger partial charge >= 0.3 is 5.97 Å². The molecule has 12 heavy (non-hydrogen) atoms. The molecule has 0 saturated heterocycles. The molecule has 0 saturated carbocycles. The van der Waals surface area contributed by atoms with Gasteiger partial charge in [0.25, 0.3) is 0 Å². The first kappa shape index (κ1) is 11.2. The Labute approximate surface area is 73.4 Å². The maximum absolute atomic E-state index is 10.9. The summed E-state index contributed by atoms with van der Waals surface area (Å²) in [5, 5.41) is 0. The highest BCUT2D eigenvalue weighted by Gasteiger charge is 2.11. The van der Waals surface area contributed by atoms with Crippen molar-refractivity contribution in [3.63, 3.8) is 0 Å². The number of rotatable bonds is 5. The van der Waals surface area contributed by atoms with Crippen molar-refractivity contribution in [2.75, 3.05) is 20.3 Å². The highest BCUT2D eigenvalue weighted by molar-refractivity contribution is 5.71. The standard InChI is InChI=1S/C9H16O3/c1-4-5-6-12-7-8(2)9(10)11-3/h4-5,8H,6-7H2,1-3H3. The molecule has 0 aromatic carbocycles. The van der Waals surface area contributed by atoms with E-state index in [4.69, 9.17) is 4.74 Å². The van der Waals surface area contributed by atoms with Crippen molar-refractivity contribution in [1.29, 1.82) is 0 Å². The van der Waals surface area contributed by atoms with Crippen molar-refractivity contribution in [3.05, 3.63) is 12.2 Å². The van der Waals surface area contributed by atoms with E-state index in [1.807, 2.05) is 19.1 Å². The monoisotopic (exact) mass is 172 g/mol. The van der Waals surface area contributed by atoms with Gasteiger partial charge in [0.15, 0.2) is 0 Å². The van der Waals surface area contributed by atoms with Gasteiger partial charge in [-0.25, -0.2) is 0 Å². The minimum Gasteiger partial charge on any atom is -0.469 e. The molecule has 0 N–H and O–H groups in total. The zero-order chi connectivity index (χ0) is 9.40. The van der Waals surface area contributed by atoms with E-state index in [0.29, 0.717) is 13.2 Å². The lowest BCUT2D eigenvalue weighted by atomic mass is 10.2. The first-order chi connectivity index (χ1) is 5.72. The van der Waals surface area contributed by atoms with Gasteiger partial charge in [0.1, 0.15) is 0 Å². The highest BCUT2D eigenvalue weighted by atomic mass is 16.5. The molecule has 0 aromatic rings. The average Bonchev–Trinajstić information content (AvgIpc) is 2.10. The van der Waals surface area contributed by atoms with E-state index in [9.17, 15) is 4.79 Å². The Morgan fingerprint density at radius 1 is 1.58 bits per heavy atom. The van der Waals surface area contributed by atoms with Gasteiger partial charge in [0.2, 0.25) is 0 Å². The quantitative estimate of drug-likeness (QED) is 0.357. The van der Waals surface area contributed by atoms with Crippen LogP contribution in [0.15, 0.2) is 12.2 Å². The van der Waals surface area contributed by atoms with Gasteiger partial charge < -0.3 is 9.47 Å². The number of esters is 1. The summed E-state index contributed by atoms with van der Waals surface area (Å²) in [6.07, 6.45) is 3.80. The van der Waals surface area contributed by atoms with E-state index in [2.05, 4.69) is 4.74 Å². The molecule has 0 aliphatic rings. The second kappa shape index (κ2) is 6.85. The minimum atomic E-state index is -0.226. The molecule has 0 aliphatic carbocycles. The molecule has 0 bridgehead atoms. The van der Waals surface area contributed by atoms with Gasteiger partial charge in [0, 0.05) is 0 Å². The van der Waals surface area contributed by atoms with Gasteiger partial charge in [-0.15, -0.1) is 0 Å². The van der Waals surface area contributed by atoms with E-state index in [-0.39, 0.29) is 11.9 Å². The molecule has 0 aromatic heterocycles. The normalized spacial score (nSPS) is 13.2. The van der Waals surface area contributed by atoms with E-state index in [1.165, 1.54) is 7.11 Å². The van der Waals surface area contributed by atoms with Crippen LogP contribution in [0.1, 0.15) is 13.8 Å². The maximum atomic E-state index is 10.9. The topological polar surface area (TPSA) is 35.5 Å². The minimum absolute atomic E-state index is 0.180. The molecular formula is C9H16O3. The fourth-order valence-electron chi connectivity index (χ4n) is 0.678. The molecule has 1 atom stereocenters. The molecule has 1 unspecified atom stereocenters. The van der Waals surface area contributed by atoms with Crippen molar-refractivity contribution >= 4 is 5.97 Å². The summed E-state index contributed by atoms with van der Waals surface area (Å²) in [4.78, 5) is 10.9. The van der Waals surface area contributed by atoms with E-state index < -0.39 is 0 Å². The maximum Gasteiger partial charge on any atom is 0.310 e. The fourth-order valence-corrected chi connectivity index (χ4v) is 0.678. The van der Waals surface area contributed by atoms with Crippen LogP contribution in [0.4, 0.5) is 0 Å². The predicted octanol–water partition coefficient (Wildman–Crippen LogP) is 1.39. The highest BCUT2D eigenvalue weighted by Crippen LogP contribution is 1.98. The second-order valence-corrected chi connectivity index (χ2v) is 2.53. The van der Waals surface area contributed by atoms with Crippen LogP contribution in [0.5, 0.6) is 0 Å². The summed E-state index contributed by atoms with van der Waals surface area (Å²) < 4.78 is 9.70. The van der Waals surface area contributed by atoms with Crippen LogP contribution in [-0.4, -0.2) is 26.3 Å². The molecule has 0 rings (SSSR count). The number of carbonyl (C=O) groups excluding carboxylic acids is 1. The predicted molar refractivity (Wildman–Crippen MR) is 46.8 cm³/mol. The fraction of sp³-hybridized carbons (Fsp3) is 0.667. The Bertz CT molecular complexity index is 152. The third-order valence-electron chi connectivity index (χ3n) is 1.42. The molecule has 0 aliphatic heterocycles. The Kier molecular flexibility index (Phi) is 6.38. The second-order valence-electron chi connectivity index (χ2n) is 2.53. The van der Waals surface area contributed by atoms with Gasteiger partial charge in [-0.05, 0) is 13.8 Å². The lowest BCUT2D eigenvalue weighted by Gasteiger charge is -2.07. The van der Waals surface area contributed by atoms with Crippen molar-refractivity contribution < 1.29 is 14.3 Å².